The summed E-state index contributed by atoms with van der Waals surface area (Å²) >= 11 is 3.31. The molecule has 1 unspecified atom stereocenters. The van der Waals surface area contributed by atoms with Crippen LogP contribution in [0.25, 0.3) is 0 Å². The van der Waals surface area contributed by atoms with E-state index in [4.69, 9.17) is 0 Å². The first-order chi connectivity index (χ1) is 5.28. The molecule has 0 aliphatic rings. The lowest BCUT2D eigenvalue weighted by Gasteiger charge is -2.20. The SMILES string of the molecule is CC(Br)CN(C)S(=O)(=O)C(C)C. The number of hydrogen-bond donors (Lipinski definition) is 0. The summed E-state index contributed by atoms with van der Waals surface area (Å²) in [5, 5.41) is -0.339. The molecule has 0 heterocycles. The summed E-state index contributed by atoms with van der Waals surface area (Å²) in [6.45, 7) is 5.81. The maximum Gasteiger partial charge on any atom is 0.216 e. The molecule has 0 aromatic heterocycles. The van der Waals surface area contributed by atoms with Crippen molar-refractivity contribution >= 4 is 26.0 Å². The van der Waals surface area contributed by atoms with Crippen molar-refractivity contribution in [2.45, 2.75) is 30.8 Å². The molecular formula is C7H16BrNO2S. The molecule has 0 radical (unpaired) electrons. The lowest BCUT2D eigenvalue weighted by atomic mass is 10.5. The molecule has 0 saturated heterocycles. The third kappa shape index (κ3) is 3.41. The summed E-state index contributed by atoms with van der Waals surface area (Å²) in [6.07, 6.45) is 0. The van der Waals surface area contributed by atoms with E-state index in [-0.39, 0.29) is 10.1 Å². The Labute approximate surface area is 83.3 Å². The Kier molecular flexibility index (Phi) is 4.73. The summed E-state index contributed by atoms with van der Waals surface area (Å²) < 4.78 is 24.3. The summed E-state index contributed by atoms with van der Waals surface area (Å²) in [7, 11) is -1.46. The van der Waals surface area contributed by atoms with Crippen LogP contribution in [-0.4, -0.2) is 36.4 Å². The van der Waals surface area contributed by atoms with Gasteiger partial charge in [0.15, 0.2) is 0 Å². The van der Waals surface area contributed by atoms with Gasteiger partial charge in [0.2, 0.25) is 10.0 Å². The number of halogens is 1. The van der Waals surface area contributed by atoms with E-state index < -0.39 is 10.0 Å². The molecule has 1 atom stereocenters. The minimum absolute atomic E-state index is 0.191. The van der Waals surface area contributed by atoms with Gasteiger partial charge in [0.1, 0.15) is 0 Å². The predicted octanol–water partition coefficient (Wildman–Crippen LogP) is 1.44. The molecule has 0 aromatic carbocycles. The monoisotopic (exact) mass is 257 g/mol. The van der Waals surface area contributed by atoms with Crippen LogP contribution in [0.3, 0.4) is 0 Å². The Morgan fingerprint density at radius 1 is 1.33 bits per heavy atom. The van der Waals surface area contributed by atoms with Crippen molar-refractivity contribution in [3.8, 4) is 0 Å². The lowest BCUT2D eigenvalue weighted by molar-refractivity contribution is 0.466. The Morgan fingerprint density at radius 2 is 1.75 bits per heavy atom. The van der Waals surface area contributed by atoms with Gasteiger partial charge in [-0.1, -0.05) is 22.9 Å². The fourth-order valence-corrected chi connectivity index (χ4v) is 2.60. The third-order valence-corrected chi connectivity index (χ3v) is 4.04. The second kappa shape index (κ2) is 4.58. The second-order valence-corrected chi connectivity index (χ2v) is 7.31. The average molecular weight is 258 g/mol. The van der Waals surface area contributed by atoms with Crippen LogP contribution in [-0.2, 0) is 10.0 Å². The van der Waals surface area contributed by atoms with E-state index in [1.807, 2.05) is 6.92 Å². The molecule has 0 aromatic rings. The molecule has 0 aliphatic carbocycles. The standard InChI is InChI=1S/C7H16BrNO2S/c1-6(2)12(10,11)9(4)5-7(3)8/h6-7H,5H2,1-4H3. The maximum absolute atomic E-state index is 11.5. The number of sulfonamides is 1. The van der Waals surface area contributed by atoms with Gasteiger partial charge in [-0.3, -0.25) is 0 Å². The van der Waals surface area contributed by atoms with E-state index in [2.05, 4.69) is 15.9 Å². The average Bonchev–Trinajstić information content (AvgIpc) is 1.85. The van der Waals surface area contributed by atoms with Gasteiger partial charge >= 0.3 is 0 Å². The van der Waals surface area contributed by atoms with Crippen molar-refractivity contribution in [2.24, 2.45) is 0 Å². The Bertz CT molecular complexity index is 224. The largest absolute Gasteiger partial charge is 0.216 e. The first kappa shape index (κ1) is 12.4. The Morgan fingerprint density at radius 3 is 2.00 bits per heavy atom. The second-order valence-electron chi connectivity index (χ2n) is 3.15. The molecule has 0 spiro atoms. The highest BCUT2D eigenvalue weighted by molar-refractivity contribution is 9.09. The fourth-order valence-electron chi connectivity index (χ4n) is 0.818. The first-order valence-electron chi connectivity index (χ1n) is 3.87. The van der Waals surface area contributed by atoms with Gasteiger partial charge in [0, 0.05) is 18.4 Å². The molecule has 74 valence electrons. The van der Waals surface area contributed by atoms with Crippen molar-refractivity contribution < 1.29 is 8.42 Å². The van der Waals surface area contributed by atoms with Gasteiger partial charge in [0.25, 0.3) is 0 Å². The van der Waals surface area contributed by atoms with Crippen molar-refractivity contribution in [1.82, 2.24) is 4.31 Å². The number of nitrogens with zero attached hydrogens (tertiary/aromatic N) is 1. The zero-order chi connectivity index (χ0) is 9.94. The van der Waals surface area contributed by atoms with E-state index in [1.165, 1.54) is 4.31 Å². The summed E-state index contributed by atoms with van der Waals surface area (Å²) in [5.74, 6) is 0. The van der Waals surface area contributed by atoms with Gasteiger partial charge in [-0.25, -0.2) is 12.7 Å². The van der Waals surface area contributed by atoms with E-state index in [1.54, 1.807) is 20.9 Å². The minimum Gasteiger partial charge on any atom is -0.212 e. The molecule has 0 saturated carbocycles. The van der Waals surface area contributed by atoms with Crippen LogP contribution < -0.4 is 0 Å². The van der Waals surface area contributed by atoms with Gasteiger partial charge in [-0.05, 0) is 13.8 Å². The molecule has 0 fully saturated rings. The van der Waals surface area contributed by atoms with Crippen LogP contribution in [0.15, 0.2) is 0 Å². The zero-order valence-corrected chi connectivity index (χ0v) is 10.3. The van der Waals surface area contributed by atoms with Gasteiger partial charge in [-0.2, -0.15) is 0 Å². The van der Waals surface area contributed by atoms with Gasteiger partial charge < -0.3 is 0 Å². The lowest BCUT2D eigenvalue weighted by Crippen LogP contribution is -2.36. The van der Waals surface area contributed by atoms with Crippen LogP contribution in [0.4, 0.5) is 0 Å². The van der Waals surface area contributed by atoms with Crippen molar-refractivity contribution in [1.29, 1.82) is 0 Å². The maximum atomic E-state index is 11.5. The van der Waals surface area contributed by atoms with Crippen LogP contribution in [0.2, 0.25) is 0 Å². The van der Waals surface area contributed by atoms with Crippen molar-refractivity contribution in [2.75, 3.05) is 13.6 Å². The fraction of sp³-hybridized carbons (Fsp3) is 1.00. The third-order valence-electron chi connectivity index (χ3n) is 1.54. The smallest absolute Gasteiger partial charge is 0.212 e. The Hall–Kier alpha value is 0.390. The molecule has 0 N–H and O–H groups in total. The highest BCUT2D eigenvalue weighted by atomic mass is 79.9. The quantitative estimate of drug-likeness (QED) is 0.715. The van der Waals surface area contributed by atoms with Gasteiger partial charge in [0.05, 0.1) is 5.25 Å². The van der Waals surface area contributed by atoms with E-state index >= 15 is 0 Å². The van der Waals surface area contributed by atoms with Crippen molar-refractivity contribution in [3.05, 3.63) is 0 Å². The van der Waals surface area contributed by atoms with E-state index in [0.29, 0.717) is 6.54 Å². The zero-order valence-electron chi connectivity index (χ0n) is 7.91. The topological polar surface area (TPSA) is 37.4 Å². The first-order valence-corrected chi connectivity index (χ1v) is 6.29. The molecular weight excluding hydrogens is 242 g/mol. The van der Waals surface area contributed by atoms with E-state index in [9.17, 15) is 8.42 Å². The molecule has 12 heavy (non-hydrogen) atoms. The molecule has 0 amide bonds. The van der Waals surface area contributed by atoms with Crippen molar-refractivity contribution in [3.63, 3.8) is 0 Å². The molecule has 5 heteroatoms. The Balaban J connectivity index is 4.38. The normalized spacial score (nSPS) is 15.6. The van der Waals surface area contributed by atoms with Crippen LogP contribution in [0, 0.1) is 0 Å². The van der Waals surface area contributed by atoms with Crippen LogP contribution in [0.1, 0.15) is 20.8 Å². The number of rotatable bonds is 4. The van der Waals surface area contributed by atoms with E-state index in [0.717, 1.165) is 0 Å². The van der Waals surface area contributed by atoms with Crippen LogP contribution >= 0.6 is 15.9 Å². The molecule has 3 nitrogen and oxygen atoms in total. The highest BCUT2D eigenvalue weighted by Crippen LogP contribution is 2.09. The minimum atomic E-state index is -3.07. The van der Waals surface area contributed by atoms with Crippen LogP contribution in [0.5, 0.6) is 0 Å². The highest BCUT2D eigenvalue weighted by Gasteiger charge is 2.22. The molecule has 0 bridgehead atoms. The number of alkyl halides is 1. The number of hydrogen-bond acceptors (Lipinski definition) is 2. The molecule has 0 aliphatic heterocycles. The molecule has 0 rings (SSSR count). The van der Waals surface area contributed by atoms with Gasteiger partial charge in [-0.15, -0.1) is 0 Å². The summed E-state index contributed by atoms with van der Waals surface area (Å²) in [5.41, 5.74) is 0. The predicted molar refractivity (Wildman–Crippen MR) is 55.1 cm³/mol. The summed E-state index contributed by atoms with van der Waals surface area (Å²) in [4.78, 5) is 0.191. The summed E-state index contributed by atoms with van der Waals surface area (Å²) in [6, 6.07) is 0.